The molecule has 1 aromatic heterocycles. The van der Waals surface area contributed by atoms with Gasteiger partial charge in [0.25, 0.3) is 5.91 Å². The van der Waals surface area contributed by atoms with Crippen LogP contribution in [-0.4, -0.2) is 33.9 Å². The first kappa shape index (κ1) is 14.7. The predicted molar refractivity (Wildman–Crippen MR) is 70.4 cm³/mol. The van der Waals surface area contributed by atoms with Gasteiger partial charge in [-0.25, -0.2) is 0 Å². The minimum Gasteiger partial charge on any atom is -0.396 e. The van der Waals surface area contributed by atoms with Crippen molar-refractivity contribution >= 4 is 5.91 Å². The number of aromatic nitrogens is 2. The number of amides is 1. The third kappa shape index (κ3) is 4.49. The largest absolute Gasteiger partial charge is 0.396 e. The second-order valence-corrected chi connectivity index (χ2v) is 4.93. The van der Waals surface area contributed by atoms with Crippen molar-refractivity contribution in [3.05, 3.63) is 17.5 Å². The molecule has 0 radical (unpaired) electrons. The zero-order valence-corrected chi connectivity index (χ0v) is 11.4. The number of hydrogen-bond acceptors (Lipinski definition) is 3. The van der Waals surface area contributed by atoms with E-state index in [4.69, 9.17) is 5.11 Å². The summed E-state index contributed by atoms with van der Waals surface area (Å²) in [5, 5.41) is 15.8. The Morgan fingerprint density at radius 2 is 2.22 bits per heavy atom. The summed E-state index contributed by atoms with van der Waals surface area (Å²) in [6, 6.07) is 1.85. The molecule has 0 bridgehead atoms. The summed E-state index contributed by atoms with van der Waals surface area (Å²) in [5.74, 6) is 0.429. The molecule has 1 heterocycles. The van der Waals surface area contributed by atoms with Crippen LogP contribution in [0.2, 0.25) is 0 Å². The van der Waals surface area contributed by atoms with Gasteiger partial charge in [-0.3, -0.25) is 9.48 Å². The number of carbonyl (C=O) groups is 1. The van der Waals surface area contributed by atoms with Crippen LogP contribution in [0.5, 0.6) is 0 Å². The molecule has 2 N–H and O–H groups in total. The maximum atomic E-state index is 11.9. The Labute approximate surface area is 108 Å². The van der Waals surface area contributed by atoms with Gasteiger partial charge in [-0.1, -0.05) is 13.8 Å². The fourth-order valence-corrected chi connectivity index (χ4v) is 1.79. The highest BCUT2D eigenvalue weighted by molar-refractivity contribution is 5.92. The molecular formula is C13H23N3O2. The number of rotatable bonds is 7. The van der Waals surface area contributed by atoms with Crippen molar-refractivity contribution in [2.75, 3.05) is 13.2 Å². The number of hydrogen-bond donors (Lipinski definition) is 2. The highest BCUT2D eigenvalue weighted by Gasteiger charge is 2.13. The first-order valence-corrected chi connectivity index (χ1v) is 6.46. The molecule has 0 atom stereocenters. The van der Waals surface area contributed by atoms with E-state index in [0.717, 1.165) is 18.5 Å². The van der Waals surface area contributed by atoms with Crippen LogP contribution >= 0.6 is 0 Å². The fraction of sp³-hybridized carbons (Fsp3) is 0.692. The van der Waals surface area contributed by atoms with Crippen molar-refractivity contribution in [2.45, 2.75) is 33.1 Å². The molecule has 0 saturated carbocycles. The van der Waals surface area contributed by atoms with E-state index in [1.54, 1.807) is 11.7 Å². The molecule has 0 aliphatic carbocycles. The second kappa shape index (κ2) is 7.16. The molecule has 102 valence electrons. The maximum Gasteiger partial charge on any atom is 0.269 e. The van der Waals surface area contributed by atoms with E-state index in [1.807, 2.05) is 6.07 Å². The molecule has 1 aromatic rings. The normalized spacial score (nSPS) is 10.9. The van der Waals surface area contributed by atoms with Gasteiger partial charge in [-0.15, -0.1) is 0 Å². The highest BCUT2D eigenvalue weighted by atomic mass is 16.2. The van der Waals surface area contributed by atoms with Crippen LogP contribution < -0.4 is 5.32 Å². The first-order valence-electron chi connectivity index (χ1n) is 6.46. The molecule has 0 aliphatic rings. The van der Waals surface area contributed by atoms with Gasteiger partial charge < -0.3 is 10.4 Å². The highest BCUT2D eigenvalue weighted by Crippen LogP contribution is 2.08. The van der Waals surface area contributed by atoms with Crippen LogP contribution in [0.1, 0.15) is 42.9 Å². The second-order valence-electron chi connectivity index (χ2n) is 4.93. The van der Waals surface area contributed by atoms with Crippen LogP contribution in [0.4, 0.5) is 0 Å². The third-order valence-corrected chi connectivity index (χ3v) is 2.65. The first-order chi connectivity index (χ1) is 8.54. The number of nitrogens with one attached hydrogen (secondary N) is 1. The molecule has 0 spiro atoms. The average Bonchev–Trinajstić information content (AvgIpc) is 2.64. The molecule has 0 saturated heterocycles. The lowest BCUT2D eigenvalue weighted by Gasteiger charge is -2.04. The van der Waals surface area contributed by atoms with Crippen LogP contribution in [0.3, 0.4) is 0 Å². The van der Waals surface area contributed by atoms with E-state index in [2.05, 4.69) is 24.3 Å². The summed E-state index contributed by atoms with van der Waals surface area (Å²) in [7, 11) is 1.78. The van der Waals surface area contributed by atoms with E-state index < -0.39 is 0 Å². The topological polar surface area (TPSA) is 67.2 Å². The molecule has 0 aromatic carbocycles. The smallest absolute Gasteiger partial charge is 0.269 e. The zero-order valence-electron chi connectivity index (χ0n) is 11.4. The van der Waals surface area contributed by atoms with Gasteiger partial charge in [0.05, 0.1) is 5.69 Å². The summed E-state index contributed by atoms with van der Waals surface area (Å²) in [4.78, 5) is 11.9. The van der Waals surface area contributed by atoms with Crippen LogP contribution in [-0.2, 0) is 13.5 Å². The summed E-state index contributed by atoms with van der Waals surface area (Å²) < 4.78 is 1.62. The molecule has 0 fully saturated rings. The Balaban J connectivity index is 2.54. The van der Waals surface area contributed by atoms with Gasteiger partial charge in [0.15, 0.2) is 0 Å². The summed E-state index contributed by atoms with van der Waals surface area (Å²) in [6.07, 6.45) is 2.38. The zero-order chi connectivity index (χ0) is 13.5. The Bertz CT molecular complexity index is 386. The lowest BCUT2D eigenvalue weighted by atomic mass is 10.1. The Morgan fingerprint density at radius 1 is 1.50 bits per heavy atom. The summed E-state index contributed by atoms with van der Waals surface area (Å²) in [5.41, 5.74) is 1.54. The van der Waals surface area contributed by atoms with Crippen LogP contribution in [0.25, 0.3) is 0 Å². The van der Waals surface area contributed by atoms with Crippen molar-refractivity contribution in [1.29, 1.82) is 0 Å². The monoisotopic (exact) mass is 253 g/mol. The van der Waals surface area contributed by atoms with Gasteiger partial charge in [0.2, 0.25) is 0 Å². The van der Waals surface area contributed by atoms with E-state index in [1.165, 1.54) is 0 Å². The van der Waals surface area contributed by atoms with Crippen molar-refractivity contribution in [3.63, 3.8) is 0 Å². The minimum absolute atomic E-state index is 0.0991. The standard InChI is InChI=1S/C13H23N3O2/c1-10(2)8-11-9-12(16(3)15-11)13(18)14-6-4-5-7-17/h9-10,17H,4-8H2,1-3H3,(H,14,18). The molecule has 5 heteroatoms. The fourth-order valence-electron chi connectivity index (χ4n) is 1.79. The van der Waals surface area contributed by atoms with Gasteiger partial charge in [0, 0.05) is 20.2 Å². The lowest BCUT2D eigenvalue weighted by Crippen LogP contribution is -2.26. The van der Waals surface area contributed by atoms with Crippen molar-refractivity contribution < 1.29 is 9.90 Å². The summed E-state index contributed by atoms with van der Waals surface area (Å²) in [6.45, 7) is 5.01. The Kier molecular flexibility index (Phi) is 5.85. The molecule has 1 rings (SSSR count). The van der Waals surface area contributed by atoms with Gasteiger partial charge >= 0.3 is 0 Å². The quantitative estimate of drug-likeness (QED) is 0.716. The Hall–Kier alpha value is -1.36. The molecular weight excluding hydrogens is 230 g/mol. The summed E-state index contributed by atoms with van der Waals surface area (Å²) >= 11 is 0. The minimum atomic E-state index is -0.0991. The van der Waals surface area contributed by atoms with E-state index in [9.17, 15) is 4.79 Å². The number of aliphatic hydroxyl groups is 1. The van der Waals surface area contributed by atoms with Crippen molar-refractivity contribution in [2.24, 2.45) is 13.0 Å². The average molecular weight is 253 g/mol. The van der Waals surface area contributed by atoms with E-state index in [-0.39, 0.29) is 12.5 Å². The number of aliphatic hydroxyl groups excluding tert-OH is 1. The SMILES string of the molecule is CC(C)Cc1cc(C(=O)NCCCCO)n(C)n1. The number of nitrogens with zero attached hydrogens (tertiary/aromatic N) is 2. The van der Waals surface area contributed by atoms with Crippen LogP contribution in [0.15, 0.2) is 6.07 Å². The molecule has 18 heavy (non-hydrogen) atoms. The van der Waals surface area contributed by atoms with E-state index in [0.29, 0.717) is 24.6 Å². The molecule has 5 nitrogen and oxygen atoms in total. The van der Waals surface area contributed by atoms with Gasteiger partial charge in [-0.2, -0.15) is 5.10 Å². The number of aryl methyl sites for hydroxylation is 1. The van der Waals surface area contributed by atoms with Crippen LogP contribution in [0, 0.1) is 5.92 Å². The molecule has 0 aliphatic heterocycles. The lowest BCUT2D eigenvalue weighted by molar-refractivity contribution is 0.0942. The number of carbonyl (C=O) groups excluding carboxylic acids is 1. The number of unbranched alkanes of at least 4 members (excludes halogenated alkanes) is 1. The Morgan fingerprint density at radius 3 is 2.83 bits per heavy atom. The van der Waals surface area contributed by atoms with E-state index >= 15 is 0 Å². The van der Waals surface area contributed by atoms with Gasteiger partial charge in [-0.05, 0) is 31.2 Å². The third-order valence-electron chi connectivity index (χ3n) is 2.65. The molecule has 0 unspecified atom stereocenters. The van der Waals surface area contributed by atoms with Gasteiger partial charge in [0.1, 0.15) is 5.69 Å². The van der Waals surface area contributed by atoms with Crippen molar-refractivity contribution in [3.8, 4) is 0 Å². The maximum absolute atomic E-state index is 11.9. The van der Waals surface area contributed by atoms with Crippen molar-refractivity contribution in [1.82, 2.24) is 15.1 Å². The molecule has 1 amide bonds. The predicted octanol–water partition coefficient (Wildman–Crippen LogP) is 1.12.